The van der Waals surface area contributed by atoms with Gasteiger partial charge in [-0.2, -0.15) is 8.42 Å². The molecule has 28 heavy (non-hydrogen) atoms. The predicted octanol–water partition coefficient (Wildman–Crippen LogP) is 4.02. The van der Waals surface area contributed by atoms with Crippen molar-refractivity contribution in [2.24, 2.45) is 0 Å². The van der Waals surface area contributed by atoms with E-state index in [1.54, 1.807) is 12.1 Å². The molecule has 6 nitrogen and oxygen atoms in total. The van der Waals surface area contributed by atoms with Crippen LogP contribution in [0.2, 0.25) is 0 Å². The average molecular weight is 406 g/mol. The molecule has 0 aliphatic carbocycles. The Labute approximate surface area is 167 Å². The molecule has 0 aliphatic rings. The Balaban J connectivity index is 1.78. The summed E-state index contributed by atoms with van der Waals surface area (Å²) in [6.45, 7) is 2.16. The van der Waals surface area contributed by atoms with Crippen LogP contribution >= 0.6 is 0 Å². The van der Waals surface area contributed by atoms with Crippen LogP contribution in [0, 0.1) is 0 Å². The predicted molar refractivity (Wildman–Crippen MR) is 108 cm³/mol. The molecule has 0 bridgehead atoms. The van der Waals surface area contributed by atoms with Crippen molar-refractivity contribution in [1.82, 2.24) is 5.32 Å². The second kappa shape index (κ2) is 11.5. The Kier molecular flexibility index (Phi) is 8.97. The lowest BCUT2D eigenvalue weighted by Gasteiger charge is -2.18. The van der Waals surface area contributed by atoms with Crippen molar-refractivity contribution in [1.29, 1.82) is 0 Å². The highest BCUT2D eigenvalue weighted by Gasteiger charge is 2.18. The van der Waals surface area contributed by atoms with Gasteiger partial charge in [0, 0.05) is 6.04 Å². The average Bonchev–Trinajstić information content (AvgIpc) is 2.71. The highest BCUT2D eigenvalue weighted by Crippen LogP contribution is 2.10. The molecule has 2 aromatic carbocycles. The van der Waals surface area contributed by atoms with Gasteiger partial charge in [-0.05, 0) is 24.0 Å². The van der Waals surface area contributed by atoms with Gasteiger partial charge in [-0.15, -0.1) is 0 Å². The zero-order valence-corrected chi connectivity index (χ0v) is 16.9. The lowest BCUT2D eigenvalue weighted by molar-refractivity contribution is 0.134. The van der Waals surface area contributed by atoms with Crippen LogP contribution in [0.4, 0.5) is 4.79 Å². The van der Waals surface area contributed by atoms with Crippen molar-refractivity contribution in [3.8, 4) is 0 Å². The molecular formula is C21H27NO5S. The Morgan fingerprint density at radius 3 is 2.07 bits per heavy atom. The first kappa shape index (κ1) is 21.9. The van der Waals surface area contributed by atoms with Crippen LogP contribution in [0.3, 0.4) is 0 Å². The fourth-order valence-electron chi connectivity index (χ4n) is 2.65. The van der Waals surface area contributed by atoms with Gasteiger partial charge < -0.3 is 10.1 Å². The standard InChI is InChI=1S/C21H27NO5S/c1-2-9-20(22-21(23)26-16-18-10-5-3-6-11-18)14-15-28(24,25)27-17-19-12-7-4-8-13-19/h3-8,10-13,20H,2,9,14-17H2,1H3,(H,22,23). The first-order valence-corrected chi connectivity index (χ1v) is 10.9. The maximum absolute atomic E-state index is 12.1. The molecule has 0 radical (unpaired) electrons. The third-order valence-corrected chi connectivity index (χ3v) is 5.35. The SMILES string of the molecule is CCCC(CCS(=O)(=O)OCc1ccccc1)NC(=O)OCc1ccccc1. The van der Waals surface area contributed by atoms with Gasteiger partial charge in [-0.1, -0.05) is 74.0 Å². The van der Waals surface area contributed by atoms with Gasteiger partial charge in [-0.3, -0.25) is 4.18 Å². The summed E-state index contributed by atoms with van der Waals surface area (Å²) in [6, 6.07) is 18.2. The van der Waals surface area contributed by atoms with Crippen molar-refractivity contribution < 1.29 is 22.1 Å². The minimum absolute atomic E-state index is 0.00810. The summed E-state index contributed by atoms with van der Waals surface area (Å²) in [7, 11) is -3.68. The first-order valence-electron chi connectivity index (χ1n) is 9.37. The summed E-state index contributed by atoms with van der Waals surface area (Å²) in [5.41, 5.74) is 1.68. The number of rotatable bonds is 11. The minimum Gasteiger partial charge on any atom is -0.445 e. The van der Waals surface area contributed by atoms with Crippen LogP contribution in [0.15, 0.2) is 60.7 Å². The maximum atomic E-state index is 12.1. The van der Waals surface area contributed by atoms with Crippen molar-refractivity contribution in [3.05, 3.63) is 71.8 Å². The number of ether oxygens (including phenoxy) is 1. The van der Waals surface area contributed by atoms with Gasteiger partial charge >= 0.3 is 6.09 Å². The van der Waals surface area contributed by atoms with E-state index in [0.29, 0.717) is 6.42 Å². The van der Waals surface area contributed by atoms with Gasteiger partial charge in [0.05, 0.1) is 12.4 Å². The highest BCUT2D eigenvalue weighted by atomic mass is 32.2. The Morgan fingerprint density at radius 2 is 1.50 bits per heavy atom. The number of nitrogens with one attached hydrogen (secondary N) is 1. The number of carbonyl (C=O) groups is 1. The van der Waals surface area contributed by atoms with E-state index in [1.165, 1.54) is 0 Å². The molecule has 0 heterocycles. The molecule has 0 saturated carbocycles. The molecule has 1 amide bonds. The number of hydrogen-bond donors (Lipinski definition) is 1. The van der Waals surface area contributed by atoms with Crippen molar-refractivity contribution in [2.45, 2.75) is 45.4 Å². The lowest BCUT2D eigenvalue weighted by atomic mass is 10.1. The Morgan fingerprint density at radius 1 is 0.929 bits per heavy atom. The van der Waals surface area contributed by atoms with E-state index in [-0.39, 0.29) is 31.4 Å². The summed E-state index contributed by atoms with van der Waals surface area (Å²) in [5.74, 6) is -0.163. The van der Waals surface area contributed by atoms with E-state index in [0.717, 1.165) is 17.5 Å². The van der Waals surface area contributed by atoms with E-state index in [9.17, 15) is 13.2 Å². The third-order valence-electron chi connectivity index (χ3n) is 4.14. The van der Waals surface area contributed by atoms with E-state index in [2.05, 4.69) is 5.32 Å². The van der Waals surface area contributed by atoms with Crippen molar-refractivity contribution in [2.75, 3.05) is 5.75 Å². The summed E-state index contributed by atoms with van der Waals surface area (Å²) >= 11 is 0. The molecule has 0 aromatic heterocycles. The smallest absolute Gasteiger partial charge is 0.407 e. The third kappa shape index (κ3) is 8.54. The number of hydrogen-bond acceptors (Lipinski definition) is 5. The van der Waals surface area contributed by atoms with Gasteiger partial charge in [0.25, 0.3) is 10.1 Å². The fraction of sp³-hybridized carbons (Fsp3) is 0.381. The molecule has 7 heteroatoms. The van der Waals surface area contributed by atoms with Crippen molar-refractivity contribution >= 4 is 16.2 Å². The van der Waals surface area contributed by atoms with Gasteiger partial charge in [0.1, 0.15) is 6.61 Å². The van der Waals surface area contributed by atoms with Crippen LogP contribution in [-0.2, 0) is 32.3 Å². The molecule has 0 saturated heterocycles. The van der Waals surface area contributed by atoms with Crippen LogP contribution < -0.4 is 5.32 Å². The summed E-state index contributed by atoms with van der Waals surface area (Å²) in [6.07, 6.45) is 1.19. The quantitative estimate of drug-likeness (QED) is 0.571. The summed E-state index contributed by atoms with van der Waals surface area (Å²) < 4.78 is 34.6. The molecular weight excluding hydrogens is 378 g/mol. The molecule has 0 spiro atoms. The fourth-order valence-corrected chi connectivity index (χ4v) is 3.65. The van der Waals surface area contributed by atoms with Gasteiger partial charge in [-0.25, -0.2) is 4.79 Å². The summed E-state index contributed by atoms with van der Waals surface area (Å²) in [4.78, 5) is 12.0. The van der Waals surface area contributed by atoms with E-state index in [1.807, 2.05) is 55.5 Å². The van der Waals surface area contributed by atoms with E-state index >= 15 is 0 Å². The molecule has 152 valence electrons. The number of alkyl carbamates (subject to hydrolysis) is 1. The molecule has 1 atom stereocenters. The molecule has 2 rings (SSSR count). The molecule has 2 aromatic rings. The van der Waals surface area contributed by atoms with Gasteiger partial charge in [0.2, 0.25) is 0 Å². The normalized spacial score (nSPS) is 12.3. The van der Waals surface area contributed by atoms with E-state index < -0.39 is 16.2 Å². The highest BCUT2D eigenvalue weighted by molar-refractivity contribution is 7.86. The van der Waals surface area contributed by atoms with E-state index in [4.69, 9.17) is 8.92 Å². The topological polar surface area (TPSA) is 81.7 Å². The molecule has 1 N–H and O–H groups in total. The maximum Gasteiger partial charge on any atom is 0.407 e. The monoisotopic (exact) mass is 405 g/mol. The number of benzene rings is 2. The number of carbonyl (C=O) groups excluding carboxylic acids is 1. The molecule has 0 aliphatic heterocycles. The minimum atomic E-state index is -3.68. The van der Waals surface area contributed by atoms with Crippen molar-refractivity contribution in [3.63, 3.8) is 0 Å². The summed E-state index contributed by atoms with van der Waals surface area (Å²) in [5, 5.41) is 2.75. The first-order chi connectivity index (χ1) is 13.5. The van der Waals surface area contributed by atoms with Crippen LogP contribution in [0.1, 0.15) is 37.3 Å². The van der Waals surface area contributed by atoms with Crippen LogP contribution in [0.5, 0.6) is 0 Å². The Bertz CT molecular complexity index is 809. The van der Waals surface area contributed by atoms with Gasteiger partial charge in [0.15, 0.2) is 0 Å². The largest absolute Gasteiger partial charge is 0.445 e. The Hall–Kier alpha value is -2.38. The lowest BCUT2D eigenvalue weighted by Crippen LogP contribution is -2.36. The van der Waals surface area contributed by atoms with Crippen LogP contribution in [-0.4, -0.2) is 26.3 Å². The van der Waals surface area contributed by atoms with Crippen LogP contribution in [0.25, 0.3) is 0 Å². The molecule has 0 fully saturated rings. The number of amides is 1. The second-order valence-electron chi connectivity index (χ2n) is 6.49. The zero-order valence-electron chi connectivity index (χ0n) is 16.0. The zero-order chi connectivity index (χ0) is 20.2. The molecule has 1 unspecified atom stereocenters. The second-order valence-corrected chi connectivity index (χ2v) is 8.25.